The fraction of sp³-hybridized carbons (Fsp3) is 0.263. The zero-order valence-electron chi connectivity index (χ0n) is 14.3. The molecule has 5 heteroatoms. The molecule has 0 saturated carbocycles. The lowest BCUT2D eigenvalue weighted by atomic mass is 10.1. The van der Waals surface area contributed by atoms with Crippen molar-refractivity contribution in [1.82, 2.24) is 14.9 Å². The van der Waals surface area contributed by atoms with Crippen LogP contribution in [0, 0.1) is 0 Å². The van der Waals surface area contributed by atoms with Crippen LogP contribution in [0.15, 0.2) is 48.5 Å². The molecular formula is C19H22N4O. The van der Waals surface area contributed by atoms with Crippen LogP contribution in [0.25, 0.3) is 22.3 Å². The van der Waals surface area contributed by atoms with Gasteiger partial charge in [-0.3, -0.25) is 0 Å². The molecular weight excluding hydrogens is 300 g/mol. The molecule has 3 rings (SSSR count). The smallest absolute Gasteiger partial charge is 0.165 e. The molecule has 0 aliphatic heterocycles. The topological polar surface area (TPSA) is 50.3 Å². The Balaban J connectivity index is 2.06. The summed E-state index contributed by atoms with van der Waals surface area (Å²) in [7, 11) is 5.77. The quantitative estimate of drug-likeness (QED) is 0.755. The number of nitrogens with zero attached hydrogens (tertiary/aromatic N) is 3. The highest BCUT2D eigenvalue weighted by molar-refractivity contribution is 5.90. The van der Waals surface area contributed by atoms with Crippen LogP contribution in [0.5, 0.6) is 5.75 Å². The molecule has 1 aromatic heterocycles. The molecule has 5 nitrogen and oxygen atoms in total. The van der Waals surface area contributed by atoms with Crippen molar-refractivity contribution in [1.29, 1.82) is 0 Å². The molecule has 124 valence electrons. The predicted octanol–water partition coefficient (Wildman–Crippen LogP) is 3.28. The summed E-state index contributed by atoms with van der Waals surface area (Å²) in [5.74, 6) is 2.29. The number of hydrogen-bond donors (Lipinski definition) is 1. The minimum Gasteiger partial charge on any atom is -0.496 e. The number of hydrogen-bond acceptors (Lipinski definition) is 5. The van der Waals surface area contributed by atoms with E-state index in [0.717, 1.165) is 41.1 Å². The fourth-order valence-electron chi connectivity index (χ4n) is 2.56. The molecule has 3 aromatic rings. The van der Waals surface area contributed by atoms with Gasteiger partial charge in [-0.05, 0) is 38.4 Å². The average Bonchev–Trinajstić information content (AvgIpc) is 2.61. The molecule has 1 heterocycles. The first-order valence-electron chi connectivity index (χ1n) is 7.98. The molecule has 0 fully saturated rings. The van der Waals surface area contributed by atoms with Crippen LogP contribution < -0.4 is 10.1 Å². The van der Waals surface area contributed by atoms with Crippen molar-refractivity contribution in [2.75, 3.05) is 39.6 Å². The lowest BCUT2D eigenvalue weighted by Crippen LogP contribution is -2.21. The lowest BCUT2D eigenvalue weighted by Gasteiger charge is -2.14. The molecule has 0 unspecified atom stereocenters. The van der Waals surface area contributed by atoms with Crippen LogP contribution >= 0.6 is 0 Å². The van der Waals surface area contributed by atoms with Gasteiger partial charge in [0.1, 0.15) is 11.6 Å². The predicted molar refractivity (Wildman–Crippen MR) is 98.6 cm³/mol. The molecule has 0 aliphatic carbocycles. The number of nitrogens with one attached hydrogen (secondary N) is 1. The molecule has 1 N–H and O–H groups in total. The monoisotopic (exact) mass is 322 g/mol. The fourth-order valence-corrected chi connectivity index (χ4v) is 2.56. The van der Waals surface area contributed by atoms with Gasteiger partial charge < -0.3 is 15.0 Å². The van der Waals surface area contributed by atoms with Gasteiger partial charge in [-0.1, -0.05) is 24.3 Å². The van der Waals surface area contributed by atoms with Crippen molar-refractivity contribution >= 4 is 16.7 Å². The van der Waals surface area contributed by atoms with Crippen LogP contribution in [0.4, 0.5) is 5.82 Å². The number of fused-ring (bicyclic) bond motifs is 1. The maximum atomic E-state index is 5.46. The second-order valence-electron chi connectivity index (χ2n) is 5.84. The third-order valence-electron chi connectivity index (χ3n) is 3.80. The third kappa shape index (κ3) is 3.46. The minimum absolute atomic E-state index is 0.665. The Kier molecular flexibility index (Phi) is 4.91. The van der Waals surface area contributed by atoms with Gasteiger partial charge in [0.05, 0.1) is 18.2 Å². The van der Waals surface area contributed by atoms with E-state index in [1.165, 1.54) is 0 Å². The van der Waals surface area contributed by atoms with Gasteiger partial charge in [0.2, 0.25) is 0 Å². The van der Waals surface area contributed by atoms with Gasteiger partial charge in [0, 0.05) is 18.5 Å². The molecule has 24 heavy (non-hydrogen) atoms. The summed E-state index contributed by atoms with van der Waals surface area (Å²) in [5, 5.41) is 4.46. The second-order valence-corrected chi connectivity index (χ2v) is 5.84. The Hall–Kier alpha value is -2.66. The van der Waals surface area contributed by atoms with E-state index < -0.39 is 0 Å². The number of anilines is 1. The van der Waals surface area contributed by atoms with Crippen LogP contribution in [0.2, 0.25) is 0 Å². The summed E-state index contributed by atoms with van der Waals surface area (Å²) in [6, 6.07) is 15.9. The van der Waals surface area contributed by atoms with Gasteiger partial charge in [0.25, 0.3) is 0 Å². The first-order chi connectivity index (χ1) is 11.7. The highest BCUT2D eigenvalue weighted by Crippen LogP contribution is 2.30. The Labute approximate surface area is 142 Å². The number of likely N-dealkylation sites (N-methyl/N-ethyl adjacent to an activating group) is 1. The van der Waals surface area contributed by atoms with E-state index >= 15 is 0 Å². The van der Waals surface area contributed by atoms with Crippen molar-refractivity contribution in [3.8, 4) is 17.1 Å². The number of rotatable bonds is 6. The van der Waals surface area contributed by atoms with Gasteiger partial charge in [-0.2, -0.15) is 0 Å². The van der Waals surface area contributed by atoms with Crippen LogP contribution in [-0.4, -0.2) is 49.2 Å². The van der Waals surface area contributed by atoms with Crippen molar-refractivity contribution in [3.63, 3.8) is 0 Å². The summed E-state index contributed by atoms with van der Waals surface area (Å²) >= 11 is 0. The van der Waals surface area contributed by atoms with E-state index in [0.29, 0.717) is 5.82 Å². The van der Waals surface area contributed by atoms with E-state index in [1.54, 1.807) is 7.11 Å². The maximum Gasteiger partial charge on any atom is 0.165 e. The molecule has 0 amide bonds. The Morgan fingerprint density at radius 2 is 1.75 bits per heavy atom. The van der Waals surface area contributed by atoms with E-state index in [9.17, 15) is 0 Å². The molecule has 0 atom stereocenters. The van der Waals surface area contributed by atoms with E-state index in [2.05, 4.69) is 24.3 Å². The number of methoxy groups -OCH3 is 1. The van der Waals surface area contributed by atoms with Crippen LogP contribution in [0.1, 0.15) is 0 Å². The lowest BCUT2D eigenvalue weighted by molar-refractivity contribution is 0.416. The zero-order valence-corrected chi connectivity index (χ0v) is 14.3. The third-order valence-corrected chi connectivity index (χ3v) is 3.80. The first-order valence-corrected chi connectivity index (χ1v) is 7.98. The number of aromatic nitrogens is 2. The minimum atomic E-state index is 0.665. The highest BCUT2D eigenvalue weighted by atomic mass is 16.5. The van der Waals surface area contributed by atoms with Crippen molar-refractivity contribution in [3.05, 3.63) is 48.5 Å². The highest BCUT2D eigenvalue weighted by Gasteiger charge is 2.12. The molecule has 0 radical (unpaired) electrons. The molecule has 0 saturated heterocycles. The van der Waals surface area contributed by atoms with Crippen molar-refractivity contribution in [2.45, 2.75) is 0 Å². The van der Waals surface area contributed by atoms with Gasteiger partial charge in [0.15, 0.2) is 5.82 Å². The van der Waals surface area contributed by atoms with E-state index in [-0.39, 0.29) is 0 Å². The Morgan fingerprint density at radius 1 is 1.00 bits per heavy atom. The van der Waals surface area contributed by atoms with Crippen molar-refractivity contribution in [2.24, 2.45) is 0 Å². The maximum absolute atomic E-state index is 5.46. The standard InChI is InChI=1S/C19H22N4O/c1-23(2)13-12-20-18-14-8-4-6-10-16(14)21-19(22-18)15-9-5-7-11-17(15)24-3/h4-11H,12-13H2,1-3H3,(H,20,21,22). The molecule has 0 spiro atoms. The Morgan fingerprint density at radius 3 is 2.54 bits per heavy atom. The summed E-state index contributed by atoms with van der Waals surface area (Å²) in [6.45, 7) is 1.75. The normalized spacial score (nSPS) is 11.0. The number of benzene rings is 2. The SMILES string of the molecule is COc1ccccc1-c1nc(NCCN(C)C)c2ccccc2n1. The van der Waals surface area contributed by atoms with Crippen molar-refractivity contribution < 1.29 is 4.74 Å². The van der Waals surface area contributed by atoms with Gasteiger partial charge >= 0.3 is 0 Å². The average molecular weight is 322 g/mol. The first kappa shape index (κ1) is 16.2. The summed E-state index contributed by atoms with van der Waals surface area (Å²) in [4.78, 5) is 11.6. The largest absolute Gasteiger partial charge is 0.496 e. The molecule has 0 bridgehead atoms. The van der Waals surface area contributed by atoms with E-state index in [1.807, 2.05) is 48.5 Å². The number of ether oxygens (including phenoxy) is 1. The number of para-hydroxylation sites is 2. The molecule has 2 aromatic carbocycles. The van der Waals surface area contributed by atoms with Crippen LogP contribution in [-0.2, 0) is 0 Å². The van der Waals surface area contributed by atoms with E-state index in [4.69, 9.17) is 14.7 Å². The van der Waals surface area contributed by atoms with Crippen LogP contribution in [0.3, 0.4) is 0 Å². The summed E-state index contributed by atoms with van der Waals surface area (Å²) in [5.41, 5.74) is 1.81. The zero-order chi connectivity index (χ0) is 16.9. The summed E-state index contributed by atoms with van der Waals surface area (Å²) < 4.78 is 5.46. The summed E-state index contributed by atoms with van der Waals surface area (Å²) in [6.07, 6.45) is 0. The van der Waals surface area contributed by atoms with Gasteiger partial charge in [-0.25, -0.2) is 9.97 Å². The molecule has 0 aliphatic rings. The second kappa shape index (κ2) is 7.27. The Bertz CT molecular complexity index is 832. The van der Waals surface area contributed by atoms with Gasteiger partial charge in [-0.15, -0.1) is 0 Å².